The molecule has 0 atom stereocenters. The number of aromatic nitrogens is 1. The number of pyridine rings is 1. The Kier molecular flexibility index (Phi) is 3.16. The first-order valence-electron chi connectivity index (χ1n) is 6.94. The maximum Gasteiger partial charge on any atom is 0.143 e. The minimum Gasteiger partial charge on any atom is -0.300 e. The van der Waals surface area contributed by atoms with Gasteiger partial charge >= 0.3 is 0 Å². The van der Waals surface area contributed by atoms with Crippen molar-refractivity contribution in [2.75, 3.05) is 0 Å². The molecule has 0 unspecified atom stereocenters. The van der Waals surface area contributed by atoms with Crippen molar-refractivity contribution in [1.29, 1.82) is 5.41 Å². The monoisotopic (exact) mass is 324 g/mol. The number of benzene rings is 2. The largest absolute Gasteiger partial charge is 0.300 e. The molecule has 112 valence electrons. The van der Waals surface area contributed by atoms with Gasteiger partial charge in [-0.3, -0.25) is 4.98 Å². The fourth-order valence-corrected chi connectivity index (χ4v) is 3.61. The Bertz CT molecular complexity index is 1120. The molecule has 4 rings (SSSR count). The van der Waals surface area contributed by atoms with E-state index in [-0.39, 0.29) is 15.4 Å². The van der Waals surface area contributed by atoms with E-state index in [1.807, 2.05) is 30.3 Å². The summed E-state index contributed by atoms with van der Waals surface area (Å²) in [6.07, 6.45) is 1.76. The molecule has 0 saturated heterocycles. The van der Waals surface area contributed by atoms with Crippen molar-refractivity contribution in [2.45, 2.75) is 0 Å². The first kappa shape index (κ1) is 14.0. The van der Waals surface area contributed by atoms with Gasteiger partial charge in [0.15, 0.2) is 0 Å². The topological polar surface area (TPSA) is 36.7 Å². The molecule has 0 bridgehead atoms. The van der Waals surface area contributed by atoms with Crippen LogP contribution >= 0.6 is 11.3 Å². The van der Waals surface area contributed by atoms with Gasteiger partial charge in [-0.15, -0.1) is 11.3 Å². The number of rotatable bonds is 1. The Morgan fingerprint density at radius 2 is 1.74 bits per heavy atom. The van der Waals surface area contributed by atoms with Gasteiger partial charge < -0.3 is 5.41 Å². The standard InChI is InChI=1S/C18H10F2N2S/c19-12-6-13-15(21)8-17(23-18(13)14(20)7-12)16-5-10-3-1-2-4-11(10)9-22-16/h1-9,21H. The molecule has 0 spiro atoms. The number of nitrogens with zero attached hydrogens (tertiary/aromatic N) is 1. The van der Waals surface area contributed by atoms with Crippen LogP contribution in [-0.2, 0) is 0 Å². The van der Waals surface area contributed by atoms with E-state index >= 15 is 0 Å². The lowest BCUT2D eigenvalue weighted by molar-refractivity contribution is 0.593. The van der Waals surface area contributed by atoms with Crippen LogP contribution in [0.25, 0.3) is 31.4 Å². The molecule has 0 aliphatic carbocycles. The third-order valence-corrected chi connectivity index (χ3v) is 4.84. The van der Waals surface area contributed by atoms with E-state index in [1.165, 1.54) is 17.4 Å². The molecular weight excluding hydrogens is 314 g/mol. The van der Waals surface area contributed by atoms with Crippen LogP contribution in [0.3, 0.4) is 0 Å². The van der Waals surface area contributed by atoms with Gasteiger partial charge in [-0.05, 0) is 23.6 Å². The van der Waals surface area contributed by atoms with Gasteiger partial charge in [-0.1, -0.05) is 24.3 Å². The van der Waals surface area contributed by atoms with Crippen molar-refractivity contribution < 1.29 is 8.78 Å². The van der Waals surface area contributed by atoms with E-state index in [4.69, 9.17) is 5.41 Å². The van der Waals surface area contributed by atoms with Gasteiger partial charge in [0.1, 0.15) is 11.6 Å². The average Bonchev–Trinajstić information content (AvgIpc) is 2.55. The van der Waals surface area contributed by atoms with Gasteiger partial charge in [0.2, 0.25) is 0 Å². The van der Waals surface area contributed by atoms with E-state index in [1.54, 1.807) is 12.3 Å². The zero-order valence-corrected chi connectivity index (χ0v) is 12.6. The van der Waals surface area contributed by atoms with Crippen molar-refractivity contribution in [3.05, 3.63) is 71.7 Å². The first-order valence-corrected chi connectivity index (χ1v) is 7.76. The lowest BCUT2D eigenvalue weighted by atomic mass is 10.1. The summed E-state index contributed by atoms with van der Waals surface area (Å²) in [5, 5.41) is 10.5. The number of hydrogen-bond donors (Lipinski definition) is 1. The highest BCUT2D eigenvalue weighted by molar-refractivity contribution is 7.21. The second-order valence-electron chi connectivity index (χ2n) is 5.21. The Balaban J connectivity index is 1.99. The third kappa shape index (κ3) is 2.39. The maximum absolute atomic E-state index is 14.0. The second kappa shape index (κ2) is 5.21. The minimum absolute atomic E-state index is 0.0853. The molecule has 0 fully saturated rings. The van der Waals surface area contributed by atoms with E-state index in [0.717, 1.165) is 16.8 Å². The third-order valence-electron chi connectivity index (χ3n) is 3.67. The quantitative estimate of drug-likeness (QED) is 0.532. The second-order valence-corrected chi connectivity index (χ2v) is 6.26. The number of nitrogens with one attached hydrogen (secondary N) is 1. The molecule has 0 amide bonds. The molecule has 2 aromatic heterocycles. The zero-order valence-electron chi connectivity index (χ0n) is 11.8. The Labute approximate surface area is 134 Å². The van der Waals surface area contributed by atoms with Crippen LogP contribution in [0.15, 0.2) is 54.7 Å². The number of hydrogen-bond acceptors (Lipinski definition) is 3. The van der Waals surface area contributed by atoms with Crippen LogP contribution in [0.5, 0.6) is 0 Å². The predicted octanol–water partition coefficient (Wildman–Crippen LogP) is 4.87. The highest BCUT2D eigenvalue weighted by Gasteiger charge is 2.10. The van der Waals surface area contributed by atoms with Gasteiger partial charge in [0.25, 0.3) is 0 Å². The molecule has 0 aliphatic rings. The zero-order chi connectivity index (χ0) is 16.0. The van der Waals surface area contributed by atoms with E-state index < -0.39 is 11.6 Å². The molecule has 23 heavy (non-hydrogen) atoms. The van der Waals surface area contributed by atoms with Crippen LogP contribution < -0.4 is 5.36 Å². The molecule has 0 aliphatic heterocycles. The van der Waals surface area contributed by atoms with Gasteiger partial charge in [0, 0.05) is 23.0 Å². The summed E-state index contributed by atoms with van der Waals surface area (Å²) in [6.45, 7) is 0. The summed E-state index contributed by atoms with van der Waals surface area (Å²) >= 11 is 1.17. The molecule has 2 aromatic carbocycles. The van der Waals surface area contributed by atoms with Crippen molar-refractivity contribution in [2.24, 2.45) is 0 Å². The number of halogens is 2. The van der Waals surface area contributed by atoms with Crippen LogP contribution in [0.1, 0.15) is 0 Å². The smallest absolute Gasteiger partial charge is 0.143 e. The lowest BCUT2D eigenvalue weighted by Crippen LogP contribution is -2.01. The lowest BCUT2D eigenvalue weighted by Gasteiger charge is -2.06. The predicted molar refractivity (Wildman–Crippen MR) is 88.3 cm³/mol. The highest BCUT2D eigenvalue weighted by atomic mass is 32.1. The van der Waals surface area contributed by atoms with E-state index in [0.29, 0.717) is 10.6 Å². The molecule has 5 heteroatoms. The molecule has 0 radical (unpaired) electrons. The van der Waals surface area contributed by atoms with Crippen LogP contribution in [0, 0.1) is 17.0 Å². The fourth-order valence-electron chi connectivity index (χ4n) is 2.56. The molecular formula is C18H10F2N2S. The highest BCUT2D eigenvalue weighted by Crippen LogP contribution is 2.30. The van der Waals surface area contributed by atoms with Crippen LogP contribution in [-0.4, -0.2) is 4.98 Å². The van der Waals surface area contributed by atoms with Crippen molar-refractivity contribution in [3.63, 3.8) is 0 Å². The Morgan fingerprint density at radius 1 is 0.957 bits per heavy atom. The van der Waals surface area contributed by atoms with Crippen LogP contribution in [0.4, 0.5) is 8.78 Å². The van der Waals surface area contributed by atoms with Crippen molar-refractivity contribution in [3.8, 4) is 10.6 Å². The summed E-state index contributed by atoms with van der Waals surface area (Å²) in [6, 6.07) is 13.4. The number of fused-ring (bicyclic) bond motifs is 2. The normalized spacial score (nSPS) is 11.2. The Hall–Kier alpha value is -2.66. The van der Waals surface area contributed by atoms with Gasteiger partial charge in [-0.2, -0.15) is 0 Å². The molecule has 1 N–H and O–H groups in total. The summed E-state index contributed by atoms with van der Waals surface area (Å²) < 4.78 is 27.7. The summed E-state index contributed by atoms with van der Waals surface area (Å²) in [4.78, 5) is 5.08. The van der Waals surface area contributed by atoms with Gasteiger partial charge in [-0.25, -0.2) is 8.78 Å². The van der Waals surface area contributed by atoms with Crippen LogP contribution in [0.2, 0.25) is 0 Å². The summed E-state index contributed by atoms with van der Waals surface area (Å²) in [5.41, 5.74) is 0.674. The molecule has 0 saturated carbocycles. The van der Waals surface area contributed by atoms with Gasteiger partial charge in [0.05, 0.1) is 20.6 Å². The molecule has 4 aromatic rings. The minimum atomic E-state index is -0.674. The molecule has 2 nitrogen and oxygen atoms in total. The molecule has 2 heterocycles. The maximum atomic E-state index is 14.0. The SMILES string of the molecule is N=c1cc(-c2cc3ccccc3cn2)sc2c(F)cc(F)cc12. The fraction of sp³-hybridized carbons (Fsp3) is 0. The van der Waals surface area contributed by atoms with E-state index in [2.05, 4.69) is 4.98 Å². The van der Waals surface area contributed by atoms with Crippen molar-refractivity contribution in [1.82, 2.24) is 4.98 Å². The summed E-state index contributed by atoms with van der Waals surface area (Å²) in [5.74, 6) is -1.33. The first-order chi connectivity index (χ1) is 11.1. The van der Waals surface area contributed by atoms with E-state index in [9.17, 15) is 8.78 Å². The summed E-state index contributed by atoms with van der Waals surface area (Å²) in [7, 11) is 0. The van der Waals surface area contributed by atoms with Crippen molar-refractivity contribution >= 4 is 32.2 Å². The average molecular weight is 324 g/mol. The Morgan fingerprint density at radius 3 is 2.57 bits per heavy atom.